The Labute approximate surface area is 140 Å². The summed E-state index contributed by atoms with van der Waals surface area (Å²) in [6.07, 6.45) is -0.239. The second kappa shape index (κ2) is 7.26. The Balaban J connectivity index is 0.00000192. The summed E-state index contributed by atoms with van der Waals surface area (Å²) in [5.74, 6) is -1.29. The summed E-state index contributed by atoms with van der Waals surface area (Å²) in [6.45, 7) is 1.22. The van der Waals surface area contributed by atoms with Gasteiger partial charge in [0.15, 0.2) is 0 Å². The van der Waals surface area contributed by atoms with Crippen molar-refractivity contribution >= 4 is 23.2 Å². The maximum Gasteiger partial charge on any atom is 0.395 e. The molecule has 0 saturated heterocycles. The van der Waals surface area contributed by atoms with Crippen molar-refractivity contribution in [3.63, 3.8) is 0 Å². The predicted octanol–water partition coefficient (Wildman–Crippen LogP) is 5.20. The second-order valence-electron chi connectivity index (χ2n) is 5.75. The highest BCUT2D eigenvalue weighted by Crippen LogP contribution is 2.32. The van der Waals surface area contributed by atoms with E-state index in [0.717, 1.165) is 13.0 Å². The molecule has 0 aromatic heterocycles. The summed E-state index contributed by atoms with van der Waals surface area (Å²) in [5, 5.41) is 2.41. The third-order valence-electron chi connectivity index (χ3n) is 4.18. The van der Waals surface area contributed by atoms with E-state index < -0.39 is 12.1 Å². The minimum absolute atomic E-state index is 0. The van der Waals surface area contributed by atoms with Crippen LogP contribution in [0.4, 0.5) is 13.2 Å². The largest absolute Gasteiger partial charge is 0.395 e. The highest BCUT2D eigenvalue weighted by molar-refractivity contribution is 5.85. The third kappa shape index (κ3) is 4.41. The van der Waals surface area contributed by atoms with Gasteiger partial charge in [-0.05, 0) is 35.4 Å². The van der Waals surface area contributed by atoms with E-state index in [1.165, 1.54) is 22.4 Å². The Morgan fingerprint density at radius 2 is 1.78 bits per heavy atom. The molecule has 2 aromatic rings. The van der Waals surface area contributed by atoms with E-state index in [1.807, 2.05) is 17.0 Å². The molecule has 0 amide bonds. The lowest BCUT2D eigenvalue weighted by atomic mass is 10.0. The first-order valence-corrected chi connectivity index (χ1v) is 7.49. The van der Waals surface area contributed by atoms with Crippen molar-refractivity contribution in [1.29, 1.82) is 0 Å². The van der Waals surface area contributed by atoms with Crippen molar-refractivity contribution in [2.45, 2.75) is 19.0 Å². The summed E-state index contributed by atoms with van der Waals surface area (Å²) in [6, 6.07) is 14.5. The quantitative estimate of drug-likeness (QED) is 0.741. The molecular formula is C18H19ClF3N. The van der Waals surface area contributed by atoms with Crippen LogP contribution in [0.15, 0.2) is 54.7 Å². The summed E-state index contributed by atoms with van der Waals surface area (Å²) in [5.41, 5.74) is 1.21. The molecule has 0 bridgehead atoms. The van der Waals surface area contributed by atoms with E-state index in [-0.39, 0.29) is 18.8 Å². The molecule has 2 aromatic carbocycles. The molecule has 1 aliphatic heterocycles. The number of halogens is 4. The van der Waals surface area contributed by atoms with Crippen molar-refractivity contribution < 1.29 is 13.2 Å². The van der Waals surface area contributed by atoms with Crippen molar-refractivity contribution in [1.82, 2.24) is 4.90 Å². The first-order valence-electron chi connectivity index (χ1n) is 7.49. The zero-order chi connectivity index (χ0) is 15.6. The summed E-state index contributed by atoms with van der Waals surface area (Å²) in [4.78, 5) is 1.97. The number of benzene rings is 2. The minimum Gasteiger partial charge on any atom is -0.377 e. The van der Waals surface area contributed by atoms with Crippen molar-refractivity contribution in [3.05, 3.63) is 60.3 Å². The second-order valence-corrected chi connectivity index (χ2v) is 5.75. The fraction of sp³-hybridized carbons (Fsp3) is 0.333. The Morgan fingerprint density at radius 3 is 2.43 bits per heavy atom. The Morgan fingerprint density at radius 1 is 1.04 bits per heavy atom. The monoisotopic (exact) mass is 341 g/mol. The Kier molecular flexibility index (Phi) is 5.58. The zero-order valence-electron chi connectivity index (χ0n) is 12.6. The van der Waals surface area contributed by atoms with E-state index in [2.05, 4.69) is 30.3 Å². The van der Waals surface area contributed by atoms with Crippen LogP contribution in [-0.4, -0.2) is 24.2 Å². The van der Waals surface area contributed by atoms with Crippen LogP contribution in [0, 0.1) is 5.92 Å². The van der Waals surface area contributed by atoms with Gasteiger partial charge in [0.2, 0.25) is 0 Å². The Hall–Kier alpha value is -1.68. The molecule has 1 aliphatic rings. The average Bonchev–Trinajstić information content (AvgIpc) is 2.52. The van der Waals surface area contributed by atoms with Gasteiger partial charge in [-0.2, -0.15) is 13.2 Å². The molecule has 124 valence electrons. The van der Waals surface area contributed by atoms with Gasteiger partial charge < -0.3 is 4.90 Å². The zero-order valence-corrected chi connectivity index (χ0v) is 13.4. The number of nitrogens with zero attached hydrogens (tertiary/aromatic N) is 1. The van der Waals surface area contributed by atoms with Crippen LogP contribution in [-0.2, 0) is 6.42 Å². The van der Waals surface area contributed by atoms with E-state index in [4.69, 9.17) is 0 Å². The smallest absolute Gasteiger partial charge is 0.377 e. The van der Waals surface area contributed by atoms with Gasteiger partial charge in [0.1, 0.15) is 0 Å². The lowest BCUT2D eigenvalue weighted by Crippen LogP contribution is -2.32. The van der Waals surface area contributed by atoms with E-state index in [9.17, 15) is 13.2 Å². The van der Waals surface area contributed by atoms with Crippen molar-refractivity contribution in [2.24, 2.45) is 5.92 Å². The van der Waals surface area contributed by atoms with Crippen LogP contribution in [0.3, 0.4) is 0 Å². The van der Waals surface area contributed by atoms with Crippen LogP contribution in [0.5, 0.6) is 0 Å². The molecule has 0 spiro atoms. The first-order chi connectivity index (χ1) is 10.5. The normalized spacial score (nSPS) is 18.0. The van der Waals surface area contributed by atoms with Crippen LogP contribution < -0.4 is 0 Å². The van der Waals surface area contributed by atoms with Gasteiger partial charge >= 0.3 is 6.18 Å². The molecule has 0 aliphatic carbocycles. The van der Waals surface area contributed by atoms with Crippen LogP contribution in [0.2, 0.25) is 0 Å². The maximum atomic E-state index is 12.6. The lowest BCUT2D eigenvalue weighted by molar-refractivity contribution is -0.164. The highest BCUT2D eigenvalue weighted by atomic mass is 35.5. The summed E-state index contributed by atoms with van der Waals surface area (Å²) in [7, 11) is 0. The predicted molar refractivity (Wildman–Crippen MR) is 89.8 cm³/mol. The molecule has 5 heteroatoms. The molecule has 0 N–H and O–H groups in total. The van der Waals surface area contributed by atoms with E-state index in [0.29, 0.717) is 6.54 Å². The van der Waals surface area contributed by atoms with Gasteiger partial charge in [-0.3, -0.25) is 0 Å². The molecule has 3 rings (SSSR count). The van der Waals surface area contributed by atoms with Gasteiger partial charge in [-0.15, -0.1) is 12.4 Å². The topological polar surface area (TPSA) is 3.24 Å². The van der Waals surface area contributed by atoms with E-state index in [1.54, 1.807) is 6.20 Å². The van der Waals surface area contributed by atoms with Gasteiger partial charge in [0.05, 0.1) is 5.92 Å². The fourth-order valence-electron chi connectivity index (χ4n) is 2.83. The van der Waals surface area contributed by atoms with Crippen LogP contribution in [0.25, 0.3) is 10.8 Å². The molecule has 1 nitrogen and oxygen atoms in total. The van der Waals surface area contributed by atoms with Crippen LogP contribution in [0.1, 0.15) is 12.0 Å². The number of fused-ring (bicyclic) bond motifs is 1. The van der Waals surface area contributed by atoms with Crippen molar-refractivity contribution in [3.8, 4) is 0 Å². The van der Waals surface area contributed by atoms with Gasteiger partial charge in [-0.25, -0.2) is 0 Å². The SMILES string of the molecule is Cl.FC(F)(F)C1C=CN(CCc2ccc3ccccc3c2)CC1. The molecular weight excluding hydrogens is 323 g/mol. The number of alkyl halides is 3. The van der Waals surface area contributed by atoms with Crippen molar-refractivity contribution in [2.75, 3.05) is 13.1 Å². The standard InChI is InChI=1S/C18H18F3N.ClH/c19-18(20,21)17-8-11-22(12-9-17)10-7-14-5-6-15-3-1-2-4-16(15)13-14;/h1-6,8,11,13,17H,7,9-10,12H2;1H. The third-order valence-corrected chi connectivity index (χ3v) is 4.18. The first kappa shape index (κ1) is 17.7. The maximum absolute atomic E-state index is 12.6. The number of hydrogen-bond donors (Lipinski definition) is 0. The molecule has 1 heterocycles. The molecule has 0 radical (unpaired) electrons. The molecule has 0 fully saturated rings. The summed E-state index contributed by atoms with van der Waals surface area (Å²) < 4.78 is 37.8. The average molecular weight is 342 g/mol. The molecule has 1 unspecified atom stereocenters. The molecule has 23 heavy (non-hydrogen) atoms. The Bertz CT molecular complexity index is 681. The molecule has 0 saturated carbocycles. The highest BCUT2D eigenvalue weighted by Gasteiger charge is 2.38. The molecule has 1 atom stereocenters. The fourth-order valence-corrected chi connectivity index (χ4v) is 2.83. The van der Waals surface area contributed by atoms with E-state index >= 15 is 0 Å². The lowest BCUT2D eigenvalue weighted by Gasteiger charge is -2.28. The van der Waals surface area contributed by atoms with Gasteiger partial charge in [-0.1, -0.05) is 48.5 Å². The van der Waals surface area contributed by atoms with Gasteiger partial charge in [0.25, 0.3) is 0 Å². The van der Waals surface area contributed by atoms with Gasteiger partial charge in [0, 0.05) is 13.1 Å². The minimum atomic E-state index is -4.11. The summed E-state index contributed by atoms with van der Waals surface area (Å²) >= 11 is 0. The number of hydrogen-bond acceptors (Lipinski definition) is 1. The number of allylic oxidation sites excluding steroid dienone is 1. The number of rotatable bonds is 3. The van der Waals surface area contributed by atoms with Crippen LogP contribution >= 0.6 is 12.4 Å².